The molecule has 162 valence electrons. The second-order valence-corrected chi connectivity index (χ2v) is 8.84. The lowest BCUT2D eigenvalue weighted by atomic mass is 10.1. The molecule has 0 saturated carbocycles. The zero-order valence-corrected chi connectivity index (χ0v) is 19.9. The minimum atomic E-state index is -0.846. The second-order valence-electron chi connectivity index (χ2n) is 6.35. The van der Waals surface area contributed by atoms with Crippen molar-refractivity contribution in [1.29, 1.82) is 0 Å². The second kappa shape index (κ2) is 8.69. The van der Waals surface area contributed by atoms with Gasteiger partial charge in [-0.2, -0.15) is 0 Å². The molecule has 1 aromatic heterocycles. The van der Waals surface area contributed by atoms with Gasteiger partial charge in [0.05, 0.1) is 15.0 Å². The molecule has 2 N–H and O–H groups in total. The first kappa shape index (κ1) is 21.9. The monoisotopic (exact) mass is 660 g/mol. The number of nitro benzene ring substituents is 2. The number of benzene rings is 3. The lowest BCUT2D eigenvalue weighted by Crippen LogP contribution is -2.24. The number of fused-ring (bicyclic) bond motifs is 1. The molecule has 0 saturated heterocycles. The van der Waals surface area contributed by atoms with Gasteiger partial charge in [-0.3, -0.25) is 24.9 Å². The summed E-state index contributed by atoms with van der Waals surface area (Å²) < 4.78 is 6.39. The van der Waals surface area contributed by atoms with E-state index >= 15 is 0 Å². The van der Waals surface area contributed by atoms with Crippen LogP contribution in [-0.2, 0) is 0 Å². The van der Waals surface area contributed by atoms with E-state index in [0.717, 1.165) is 7.14 Å². The van der Waals surface area contributed by atoms with Crippen molar-refractivity contribution in [3.63, 3.8) is 0 Å². The molecular formula is C18H10I2N6O6. The SMILES string of the molecule is O=[N+]([O-])c1c(Nc2ccc(I)cc2)c([N+](=O)[O-])c2no[n+]([O-])c2c1Nc1ccc(I)cc1. The molecule has 0 radical (unpaired) electrons. The van der Waals surface area contributed by atoms with Crippen molar-refractivity contribution in [3.05, 3.63) is 81.1 Å². The number of halogens is 2. The number of anilines is 4. The van der Waals surface area contributed by atoms with Gasteiger partial charge in [0, 0.05) is 18.5 Å². The third kappa shape index (κ3) is 4.09. The van der Waals surface area contributed by atoms with Crippen LogP contribution in [0.2, 0.25) is 0 Å². The predicted octanol–water partition coefficient (Wildman–Crippen LogP) is 4.97. The van der Waals surface area contributed by atoms with Crippen molar-refractivity contribution in [2.45, 2.75) is 0 Å². The molecule has 0 aliphatic heterocycles. The van der Waals surface area contributed by atoms with Crippen LogP contribution in [0.15, 0.2) is 53.2 Å². The normalized spacial score (nSPS) is 10.8. The number of nitro groups is 2. The molecule has 0 spiro atoms. The van der Waals surface area contributed by atoms with E-state index in [1.807, 2.05) is 0 Å². The Balaban J connectivity index is 2.03. The fourth-order valence-electron chi connectivity index (χ4n) is 3.03. The Labute approximate surface area is 205 Å². The average Bonchev–Trinajstić information content (AvgIpc) is 3.12. The van der Waals surface area contributed by atoms with Crippen LogP contribution in [-0.4, -0.2) is 15.0 Å². The number of aromatic nitrogens is 2. The lowest BCUT2D eigenvalue weighted by Gasteiger charge is -2.12. The molecule has 0 amide bonds. The maximum absolute atomic E-state index is 12.3. The van der Waals surface area contributed by atoms with E-state index in [1.165, 1.54) is 0 Å². The van der Waals surface area contributed by atoms with Crippen LogP contribution in [0.5, 0.6) is 0 Å². The maximum atomic E-state index is 12.3. The highest BCUT2D eigenvalue weighted by molar-refractivity contribution is 14.1. The molecule has 1 heterocycles. The van der Waals surface area contributed by atoms with Gasteiger partial charge in [-0.15, -0.1) is 0 Å². The smallest absolute Gasteiger partial charge is 0.357 e. The van der Waals surface area contributed by atoms with E-state index in [9.17, 15) is 25.4 Å². The number of hydrogen-bond donors (Lipinski definition) is 2. The molecule has 0 fully saturated rings. The zero-order chi connectivity index (χ0) is 23.0. The standard InChI is InChI=1S/C18H10I2N6O6/c19-9-1-5-11(6-2-9)21-13-16(24(27)28)14(22-12-7-3-10(20)4-8-12)18-15(17(13)25(29)30)23-32-26(18)31/h1-8,21-22H. The predicted molar refractivity (Wildman–Crippen MR) is 131 cm³/mol. The fourth-order valence-corrected chi connectivity index (χ4v) is 3.75. The van der Waals surface area contributed by atoms with E-state index in [-0.39, 0.29) is 10.6 Å². The topological polar surface area (TPSA) is 163 Å². The summed E-state index contributed by atoms with van der Waals surface area (Å²) in [7, 11) is 0. The first-order chi connectivity index (χ1) is 15.3. The molecule has 3 aromatic carbocycles. The zero-order valence-electron chi connectivity index (χ0n) is 15.6. The van der Waals surface area contributed by atoms with E-state index in [1.54, 1.807) is 48.5 Å². The summed E-state index contributed by atoms with van der Waals surface area (Å²) in [6, 6.07) is 13.5. The van der Waals surface area contributed by atoms with E-state index in [2.05, 4.69) is 65.6 Å². The van der Waals surface area contributed by atoms with Crippen LogP contribution in [0.1, 0.15) is 0 Å². The Bertz CT molecular complexity index is 1360. The summed E-state index contributed by atoms with van der Waals surface area (Å²) in [5.74, 6) is 0. The van der Waals surface area contributed by atoms with Gasteiger partial charge >= 0.3 is 16.9 Å². The Kier molecular flexibility index (Phi) is 5.96. The molecule has 0 aliphatic carbocycles. The minimum Gasteiger partial charge on any atom is -0.359 e. The Morgan fingerprint density at radius 2 is 1.28 bits per heavy atom. The number of hydrogen-bond acceptors (Lipinski definition) is 9. The molecule has 0 atom stereocenters. The molecule has 14 heteroatoms. The first-order valence-electron chi connectivity index (χ1n) is 8.69. The van der Waals surface area contributed by atoms with E-state index in [0.29, 0.717) is 11.4 Å². The van der Waals surface area contributed by atoms with Gasteiger partial charge in [-0.1, -0.05) is 0 Å². The number of rotatable bonds is 6. The van der Waals surface area contributed by atoms with Crippen LogP contribution in [0.3, 0.4) is 0 Å². The summed E-state index contributed by atoms with van der Waals surface area (Å²) in [6.07, 6.45) is 0. The van der Waals surface area contributed by atoms with Gasteiger partial charge in [0.25, 0.3) is 5.52 Å². The summed E-state index contributed by atoms with van der Waals surface area (Å²) in [5, 5.41) is 45.4. The molecule has 32 heavy (non-hydrogen) atoms. The highest BCUT2D eigenvalue weighted by Crippen LogP contribution is 2.47. The van der Waals surface area contributed by atoms with Crippen LogP contribution in [0.25, 0.3) is 11.0 Å². The summed E-state index contributed by atoms with van der Waals surface area (Å²) in [4.78, 5) is 22.3. The van der Waals surface area contributed by atoms with Gasteiger partial charge in [0.15, 0.2) is 5.69 Å². The van der Waals surface area contributed by atoms with Crippen molar-refractivity contribution >= 4 is 90.3 Å². The maximum Gasteiger partial charge on any atom is 0.357 e. The van der Waals surface area contributed by atoms with Gasteiger partial charge in [0.2, 0.25) is 5.69 Å². The van der Waals surface area contributed by atoms with Gasteiger partial charge in [-0.05, 0) is 98.6 Å². The Morgan fingerprint density at radius 1 is 0.812 bits per heavy atom. The van der Waals surface area contributed by atoms with Crippen molar-refractivity contribution < 1.29 is 19.4 Å². The fraction of sp³-hybridized carbons (Fsp3) is 0. The minimum absolute atomic E-state index is 0.0982. The molecule has 0 bridgehead atoms. The summed E-state index contributed by atoms with van der Waals surface area (Å²) >= 11 is 4.18. The van der Waals surface area contributed by atoms with Gasteiger partial charge < -0.3 is 15.8 Å². The molecule has 4 rings (SSSR count). The third-order valence-corrected chi connectivity index (χ3v) is 5.82. The number of nitrogens with one attached hydrogen (secondary N) is 2. The summed E-state index contributed by atoms with van der Waals surface area (Å²) in [5.41, 5.74) is -2.28. The first-order valence-corrected chi connectivity index (χ1v) is 10.9. The van der Waals surface area contributed by atoms with Crippen molar-refractivity contribution in [2.75, 3.05) is 10.6 Å². The van der Waals surface area contributed by atoms with Crippen LogP contribution in [0, 0.1) is 32.6 Å². The molecular weight excluding hydrogens is 650 g/mol. The van der Waals surface area contributed by atoms with Crippen LogP contribution >= 0.6 is 45.2 Å². The number of nitrogens with zero attached hydrogens (tertiary/aromatic N) is 4. The van der Waals surface area contributed by atoms with Crippen LogP contribution < -0.4 is 15.5 Å². The molecule has 0 unspecified atom stereocenters. The van der Waals surface area contributed by atoms with E-state index < -0.39 is 37.9 Å². The molecule has 4 aromatic rings. The molecule has 12 nitrogen and oxygen atoms in total. The quantitative estimate of drug-likeness (QED) is 0.126. The lowest BCUT2D eigenvalue weighted by molar-refractivity contribution is -0.782. The average molecular weight is 660 g/mol. The van der Waals surface area contributed by atoms with Crippen molar-refractivity contribution in [2.24, 2.45) is 0 Å². The van der Waals surface area contributed by atoms with Gasteiger partial charge in [0.1, 0.15) is 0 Å². The Morgan fingerprint density at radius 3 is 1.75 bits per heavy atom. The largest absolute Gasteiger partial charge is 0.359 e. The van der Waals surface area contributed by atoms with Crippen molar-refractivity contribution in [3.8, 4) is 0 Å². The summed E-state index contributed by atoms with van der Waals surface area (Å²) in [6.45, 7) is 0. The highest BCUT2D eigenvalue weighted by atomic mass is 127. The third-order valence-electron chi connectivity index (χ3n) is 4.38. The van der Waals surface area contributed by atoms with Crippen LogP contribution in [0.4, 0.5) is 34.1 Å². The van der Waals surface area contributed by atoms with Gasteiger partial charge in [-0.25, -0.2) is 0 Å². The highest BCUT2D eigenvalue weighted by Gasteiger charge is 2.41. The molecule has 0 aliphatic rings. The van der Waals surface area contributed by atoms with E-state index in [4.69, 9.17) is 0 Å². The Hall–Kier alpha value is -3.28. The van der Waals surface area contributed by atoms with Crippen molar-refractivity contribution in [1.82, 2.24) is 5.16 Å².